The highest BCUT2D eigenvalue weighted by Crippen LogP contribution is 2.48. The van der Waals surface area contributed by atoms with Crippen molar-refractivity contribution in [3.05, 3.63) is 35.1 Å². The predicted molar refractivity (Wildman–Crippen MR) is 73.7 cm³/mol. The molecule has 0 radical (unpaired) electrons. The fourth-order valence-electron chi connectivity index (χ4n) is 3.95. The van der Waals surface area contributed by atoms with Crippen LogP contribution in [0.15, 0.2) is 18.2 Å². The number of carboxylic acid groups (broad SMARTS) is 1. The molecule has 2 aliphatic carbocycles. The standard InChI is InChI=1S/C16H17FN2O2/c17-13-4-1-9(7-18)5-12(13)8-19-15-11-3-2-10(6-11)14(15)16(20)21/h1,4-5,10-11,14-15,19H,2-3,6,8H2,(H,20,21). The summed E-state index contributed by atoms with van der Waals surface area (Å²) in [5.74, 6) is -0.868. The van der Waals surface area contributed by atoms with Crippen LogP contribution >= 0.6 is 0 Å². The molecule has 0 saturated heterocycles. The lowest BCUT2D eigenvalue weighted by atomic mass is 9.84. The number of nitrogens with zero attached hydrogens (tertiary/aromatic N) is 1. The van der Waals surface area contributed by atoms with Gasteiger partial charge in [0.1, 0.15) is 5.82 Å². The van der Waals surface area contributed by atoms with Gasteiger partial charge in [-0.05, 0) is 49.3 Å². The van der Waals surface area contributed by atoms with Crippen molar-refractivity contribution in [1.29, 1.82) is 5.26 Å². The number of halogens is 1. The number of nitrogens with one attached hydrogen (secondary N) is 1. The highest BCUT2D eigenvalue weighted by Gasteiger charge is 2.50. The lowest BCUT2D eigenvalue weighted by Gasteiger charge is -2.29. The maximum Gasteiger partial charge on any atom is 0.308 e. The Balaban J connectivity index is 1.73. The van der Waals surface area contributed by atoms with E-state index in [4.69, 9.17) is 5.26 Å². The molecule has 0 aliphatic heterocycles. The first-order valence-electron chi connectivity index (χ1n) is 7.25. The van der Waals surface area contributed by atoms with Gasteiger partial charge in [0.05, 0.1) is 17.6 Å². The van der Waals surface area contributed by atoms with E-state index in [0.29, 0.717) is 17.0 Å². The SMILES string of the molecule is N#Cc1ccc(F)c(CNC2C3CCC(C3)C2C(=O)O)c1. The molecule has 2 N–H and O–H groups in total. The van der Waals surface area contributed by atoms with Gasteiger partial charge in [-0.15, -0.1) is 0 Å². The minimum atomic E-state index is -0.758. The van der Waals surface area contributed by atoms with E-state index < -0.39 is 5.97 Å². The fourth-order valence-corrected chi connectivity index (χ4v) is 3.95. The molecular formula is C16H17FN2O2. The number of hydrogen-bond acceptors (Lipinski definition) is 3. The van der Waals surface area contributed by atoms with Crippen molar-refractivity contribution in [2.45, 2.75) is 31.8 Å². The highest BCUT2D eigenvalue weighted by atomic mass is 19.1. The van der Waals surface area contributed by atoms with Crippen molar-refractivity contribution in [2.24, 2.45) is 17.8 Å². The van der Waals surface area contributed by atoms with Crippen LogP contribution in [0.4, 0.5) is 4.39 Å². The van der Waals surface area contributed by atoms with Gasteiger partial charge in [-0.1, -0.05) is 0 Å². The van der Waals surface area contributed by atoms with Crippen LogP contribution in [0.1, 0.15) is 30.4 Å². The number of carboxylic acids is 1. The molecule has 4 unspecified atom stereocenters. The summed E-state index contributed by atoms with van der Waals surface area (Å²) in [5.41, 5.74) is 0.830. The minimum Gasteiger partial charge on any atom is -0.481 e. The second-order valence-corrected chi connectivity index (χ2v) is 6.02. The molecule has 0 amide bonds. The molecular weight excluding hydrogens is 271 g/mol. The van der Waals surface area contributed by atoms with Crippen LogP contribution in [0.2, 0.25) is 0 Å². The average Bonchev–Trinajstić information content (AvgIpc) is 3.07. The Morgan fingerprint density at radius 1 is 1.43 bits per heavy atom. The molecule has 4 atom stereocenters. The van der Waals surface area contributed by atoms with Gasteiger partial charge >= 0.3 is 5.97 Å². The number of carbonyl (C=O) groups is 1. The Hall–Kier alpha value is -1.93. The molecule has 2 aliphatic rings. The van der Waals surface area contributed by atoms with E-state index in [-0.39, 0.29) is 30.2 Å². The second-order valence-electron chi connectivity index (χ2n) is 6.02. The molecule has 2 bridgehead atoms. The zero-order valence-electron chi connectivity index (χ0n) is 11.6. The summed E-state index contributed by atoms with van der Waals surface area (Å²) in [4.78, 5) is 11.4. The van der Waals surface area contributed by atoms with Crippen LogP contribution in [-0.4, -0.2) is 17.1 Å². The molecule has 110 valence electrons. The summed E-state index contributed by atoms with van der Waals surface area (Å²) < 4.78 is 13.8. The van der Waals surface area contributed by atoms with Crippen molar-refractivity contribution < 1.29 is 14.3 Å². The van der Waals surface area contributed by atoms with Crippen LogP contribution in [-0.2, 0) is 11.3 Å². The summed E-state index contributed by atoms with van der Waals surface area (Å²) in [7, 11) is 0. The summed E-state index contributed by atoms with van der Waals surface area (Å²) in [5, 5.41) is 21.5. The van der Waals surface area contributed by atoms with Crippen LogP contribution in [0, 0.1) is 34.9 Å². The highest BCUT2D eigenvalue weighted by molar-refractivity contribution is 5.72. The van der Waals surface area contributed by atoms with E-state index in [1.807, 2.05) is 6.07 Å². The zero-order chi connectivity index (χ0) is 15.0. The maximum atomic E-state index is 13.8. The smallest absolute Gasteiger partial charge is 0.308 e. The van der Waals surface area contributed by atoms with Crippen molar-refractivity contribution in [3.63, 3.8) is 0 Å². The molecule has 5 heteroatoms. The summed E-state index contributed by atoms with van der Waals surface area (Å²) in [6.45, 7) is 0.263. The van der Waals surface area contributed by atoms with Crippen molar-refractivity contribution in [2.75, 3.05) is 0 Å². The quantitative estimate of drug-likeness (QED) is 0.891. The Morgan fingerprint density at radius 2 is 2.19 bits per heavy atom. The Kier molecular flexibility index (Phi) is 3.64. The van der Waals surface area contributed by atoms with E-state index in [9.17, 15) is 14.3 Å². The minimum absolute atomic E-state index is 0.0913. The third-order valence-electron chi connectivity index (χ3n) is 4.90. The molecule has 4 nitrogen and oxygen atoms in total. The van der Waals surface area contributed by atoms with Gasteiger partial charge in [0.25, 0.3) is 0 Å². The number of fused-ring (bicyclic) bond motifs is 2. The van der Waals surface area contributed by atoms with Crippen molar-refractivity contribution >= 4 is 5.97 Å². The third kappa shape index (κ3) is 2.52. The molecule has 2 fully saturated rings. The summed E-state index contributed by atoms with van der Waals surface area (Å²) in [6, 6.07) is 6.14. The van der Waals surface area contributed by atoms with E-state index in [1.54, 1.807) is 0 Å². The maximum absolute atomic E-state index is 13.8. The molecule has 0 aromatic heterocycles. The monoisotopic (exact) mass is 288 g/mol. The molecule has 0 spiro atoms. The number of aliphatic carboxylic acids is 1. The Bertz CT molecular complexity index is 611. The van der Waals surface area contributed by atoms with Crippen molar-refractivity contribution in [1.82, 2.24) is 5.32 Å². The Morgan fingerprint density at radius 3 is 2.90 bits per heavy atom. The summed E-state index contributed by atoms with van der Waals surface area (Å²) in [6.07, 6.45) is 2.99. The van der Waals surface area contributed by atoms with E-state index in [2.05, 4.69) is 5.32 Å². The first kappa shape index (κ1) is 14.0. The zero-order valence-corrected chi connectivity index (χ0v) is 11.6. The van der Waals surface area contributed by atoms with Crippen LogP contribution in [0.5, 0.6) is 0 Å². The molecule has 0 heterocycles. The first-order valence-corrected chi connectivity index (χ1v) is 7.25. The van der Waals surface area contributed by atoms with Gasteiger partial charge in [0, 0.05) is 18.2 Å². The number of nitriles is 1. The number of benzene rings is 1. The second kappa shape index (κ2) is 5.45. The molecule has 3 rings (SSSR count). The van der Waals surface area contributed by atoms with E-state index in [1.165, 1.54) is 18.2 Å². The Labute approximate surface area is 122 Å². The lowest BCUT2D eigenvalue weighted by molar-refractivity contribution is -0.144. The summed E-state index contributed by atoms with van der Waals surface area (Å²) >= 11 is 0. The first-order chi connectivity index (χ1) is 10.1. The van der Waals surface area contributed by atoms with Gasteiger partial charge in [0.15, 0.2) is 0 Å². The largest absolute Gasteiger partial charge is 0.481 e. The lowest BCUT2D eigenvalue weighted by Crippen LogP contribution is -2.43. The molecule has 1 aromatic rings. The van der Waals surface area contributed by atoms with Gasteiger partial charge in [0.2, 0.25) is 0 Å². The number of rotatable bonds is 4. The van der Waals surface area contributed by atoms with E-state index >= 15 is 0 Å². The topological polar surface area (TPSA) is 73.1 Å². The van der Waals surface area contributed by atoms with Gasteiger partial charge in [-0.2, -0.15) is 5.26 Å². The van der Waals surface area contributed by atoms with E-state index in [0.717, 1.165) is 19.3 Å². The van der Waals surface area contributed by atoms with Gasteiger partial charge < -0.3 is 10.4 Å². The van der Waals surface area contributed by atoms with Crippen LogP contribution < -0.4 is 5.32 Å². The molecule has 2 saturated carbocycles. The average molecular weight is 288 g/mol. The normalized spacial score (nSPS) is 30.3. The third-order valence-corrected chi connectivity index (χ3v) is 4.90. The van der Waals surface area contributed by atoms with Crippen LogP contribution in [0.25, 0.3) is 0 Å². The number of hydrogen-bond donors (Lipinski definition) is 2. The van der Waals surface area contributed by atoms with Crippen LogP contribution in [0.3, 0.4) is 0 Å². The van der Waals surface area contributed by atoms with Gasteiger partial charge in [-0.25, -0.2) is 4.39 Å². The fraction of sp³-hybridized carbons (Fsp3) is 0.500. The predicted octanol–water partition coefficient (Wildman–Crippen LogP) is 2.29. The van der Waals surface area contributed by atoms with Crippen molar-refractivity contribution in [3.8, 4) is 6.07 Å². The molecule has 1 aromatic carbocycles. The van der Waals surface area contributed by atoms with Gasteiger partial charge in [-0.3, -0.25) is 4.79 Å². The molecule has 21 heavy (non-hydrogen) atoms.